The third-order valence-corrected chi connectivity index (χ3v) is 3.87. The zero-order valence-corrected chi connectivity index (χ0v) is 11.3. The van der Waals surface area contributed by atoms with E-state index >= 15 is 0 Å². The second-order valence-corrected chi connectivity index (χ2v) is 6.24. The smallest absolute Gasteiger partial charge is 0.331 e. The molecule has 0 aromatic heterocycles. The van der Waals surface area contributed by atoms with Gasteiger partial charge in [0.1, 0.15) is 5.54 Å². The van der Waals surface area contributed by atoms with Crippen molar-refractivity contribution in [2.24, 2.45) is 5.92 Å². The minimum absolute atomic E-state index is 0.0318. The minimum Gasteiger partial charge on any atom is -0.467 e. The topological polar surface area (TPSA) is 80.8 Å². The second kappa shape index (κ2) is 4.83. The number of halogens is 1. The molecule has 6 nitrogen and oxygen atoms in total. The van der Waals surface area contributed by atoms with Gasteiger partial charge in [-0.15, -0.1) is 3.89 Å². The summed E-state index contributed by atoms with van der Waals surface area (Å²) in [4.78, 5) is 24.5. The number of nitrogens with zero attached hydrogens (tertiary/aromatic N) is 1. The van der Waals surface area contributed by atoms with E-state index in [0.29, 0.717) is 0 Å². The summed E-state index contributed by atoms with van der Waals surface area (Å²) in [5, 5.41) is 0. The average Bonchev–Trinajstić information content (AvgIpc) is 2.55. The lowest BCUT2D eigenvalue weighted by atomic mass is 10.0. The van der Waals surface area contributed by atoms with Crippen molar-refractivity contribution < 1.29 is 26.6 Å². The summed E-state index contributed by atoms with van der Waals surface area (Å²) < 4.78 is 38.3. The van der Waals surface area contributed by atoms with E-state index < -0.39 is 33.4 Å². The predicted molar refractivity (Wildman–Crippen MR) is 60.8 cm³/mol. The van der Waals surface area contributed by atoms with E-state index in [1.807, 2.05) is 0 Å². The Bertz CT molecular complexity index is 459. The molecule has 1 atom stereocenters. The molecule has 0 bridgehead atoms. The van der Waals surface area contributed by atoms with Crippen molar-refractivity contribution in [2.75, 3.05) is 19.4 Å². The van der Waals surface area contributed by atoms with Crippen molar-refractivity contribution in [3.8, 4) is 0 Å². The van der Waals surface area contributed by atoms with Crippen LogP contribution in [0.25, 0.3) is 0 Å². The van der Waals surface area contributed by atoms with Crippen LogP contribution in [0.2, 0.25) is 0 Å². The van der Waals surface area contributed by atoms with E-state index in [2.05, 4.69) is 4.74 Å². The van der Waals surface area contributed by atoms with Crippen LogP contribution in [0, 0.1) is 5.92 Å². The molecule has 0 saturated carbocycles. The highest BCUT2D eigenvalue weighted by atomic mass is 32.3. The van der Waals surface area contributed by atoms with Gasteiger partial charge < -0.3 is 9.64 Å². The molecule has 1 saturated heterocycles. The van der Waals surface area contributed by atoms with Crippen LogP contribution in [0.15, 0.2) is 0 Å². The van der Waals surface area contributed by atoms with Gasteiger partial charge in [-0.05, 0) is 13.8 Å². The zero-order chi connectivity index (χ0) is 14.1. The van der Waals surface area contributed by atoms with Crippen LogP contribution in [0.3, 0.4) is 0 Å². The number of hydrogen-bond acceptors (Lipinski definition) is 5. The van der Waals surface area contributed by atoms with E-state index in [0.717, 1.165) is 0 Å². The predicted octanol–water partition coefficient (Wildman–Crippen LogP) is 0.0858. The summed E-state index contributed by atoms with van der Waals surface area (Å²) in [6.45, 7) is 3.04. The molecule has 0 spiro atoms. The highest BCUT2D eigenvalue weighted by molar-refractivity contribution is 7.86. The largest absolute Gasteiger partial charge is 0.467 e. The molecule has 104 valence electrons. The first kappa shape index (κ1) is 14.9. The summed E-state index contributed by atoms with van der Waals surface area (Å²) in [5.74, 6) is -2.30. The molecular formula is C10H16FNO5S. The number of methoxy groups -OCH3 is 1. The Morgan fingerprint density at radius 1 is 1.56 bits per heavy atom. The minimum atomic E-state index is -4.62. The van der Waals surface area contributed by atoms with Crippen LogP contribution in [0.1, 0.15) is 20.3 Å². The molecule has 1 aliphatic rings. The van der Waals surface area contributed by atoms with Crippen LogP contribution in [-0.2, 0) is 24.5 Å². The van der Waals surface area contributed by atoms with Gasteiger partial charge in [-0.1, -0.05) is 0 Å². The Morgan fingerprint density at radius 2 is 2.11 bits per heavy atom. The van der Waals surface area contributed by atoms with E-state index in [1.165, 1.54) is 25.9 Å². The Morgan fingerprint density at radius 3 is 2.56 bits per heavy atom. The maximum atomic E-state index is 12.6. The lowest BCUT2D eigenvalue weighted by molar-refractivity contribution is -0.157. The van der Waals surface area contributed by atoms with Crippen LogP contribution in [-0.4, -0.2) is 50.1 Å². The number of carbonyl (C=O) groups is 2. The van der Waals surface area contributed by atoms with Gasteiger partial charge >= 0.3 is 16.2 Å². The molecule has 1 rings (SSSR count). The standard InChI is InChI=1S/C10H16FNO5S/c1-10(2,9(14)17-3)12-5-7(4-8(12)13)6-18(11,15)16/h7H,4-6H2,1-3H3. The molecule has 0 aromatic rings. The van der Waals surface area contributed by atoms with Crippen molar-refractivity contribution in [1.82, 2.24) is 4.90 Å². The van der Waals surface area contributed by atoms with Gasteiger partial charge in [0.25, 0.3) is 0 Å². The molecule has 18 heavy (non-hydrogen) atoms. The third-order valence-electron chi connectivity index (χ3n) is 3.00. The lowest BCUT2D eigenvalue weighted by Crippen LogP contribution is -2.51. The average molecular weight is 281 g/mol. The number of ether oxygens (including phenoxy) is 1. The molecule has 1 unspecified atom stereocenters. The molecule has 1 aliphatic heterocycles. The van der Waals surface area contributed by atoms with Gasteiger partial charge in [-0.2, -0.15) is 8.42 Å². The van der Waals surface area contributed by atoms with Crippen molar-refractivity contribution in [3.05, 3.63) is 0 Å². The number of esters is 1. The highest BCUT2D eigenvalue weighted by Gasteiger charge is 2.44. The van der Waals surface area contributed by atoms with Gasteiger partial charge in [0.05, 0.1) is 12.9 Å². The molecule has 0 N–H and O–H groups in total. The fourth-order valence-corrected chi connectivity index (χ4v) is 2.86. The summed E-state index contributed by atoms with van der Waals surface area (Å²) >= 11 is 0. The quantitative estimate of drug-likeness (QED) is 0.538. The summed E-state index contributed by atoms with van der Waals surface area (Å²) in [7, 11) is -3.42. The second-order valence-electron chi connectivity index (χ2n) is 4.83. The van der Waals surface area contributed by atoms with Crippen molar-refractivity contribution >= 4 is 22.1 Å². The number of carbonyl (C=O) groups excluding carboxylic acids is 2. The maximum absolute atomic E-state index is 12.6. The van der Waals surface area contributed by atoms with Crippen molar-refractivity contribution in [2.45, 2.75) is 25.8 Å². The number of rotatable bonds is 4. The van der Waals surface area contributed by atoms with Crippen LogP contribution < -0.4 is 0 Å². The Balaban J connectivity index is 2.82. The summed E-state index contributed by atoms with van der Waals surface area (Å²) in [6.07, 6.45) is -0.0798. The first-order valence-electron chi connectivity index (χ1n) is 5.39. The first-order chi connectivity index (χ1) is 8.08. The molecule has 0 radical (unpaired) electrons. The lowest BCUT2D eigenvalue weighted by Gasteiger charge is -2.32. The third kappa shape index (κ3) is 3.18. The van der Waals surface area contributed by atoms with Gasteiger partial charge in [0.15, 0.2) is 0 Å². The highest BCUT2D eigenvalue weighted by Crippen LogP contribution is 2.28. The Kier molecular flexibility index (Phi) is 3.99. The van der Waals surface area contributed by atoms with Gasteiger partial charge in [0.2, 0.25) is 5.91 Å². The van der Waals surface area contributed by atoms with Crippen molar-refractivity contribution in [3.63, 3.8) is 0 Å². The summed E-state index contributed by atoms with van der Waals surface area (Å²) in [6, 6.07) is 0. The Hall–Kier alpha value is -1.18. The van der Waals surface area contributed by atoms with E-state index in [4.69, 9.17) is 0 Å². The fraction of sp³-hybridized carbons (Fsp3) is 0.800. The number of hydrogen-bond donors (Lipinski definition) is 0. The first-order valence-corrected chi connectivity index (χ1v) is 6.94. The molecule has 0 aromatic carbocycles. The summed E-state index contributed by atoms with van der Waals surface area (Å²) in [5.41, 5.74) is -1.18. The Labute approximate surface area is 105 Å². The molecular weight excluding hydrogens is 265 g/mol. The molecule has 8 heteroatoms. The van der Waals surface area contributed by atoms with Crippen molar-refractivity contribution in [1.29, 1.82) is 0 Å². The van der Waals surface area contributed by atoms with Crippen LogP contribution >= 0.6 is 0 Å². The van der Waals surface area contributed by atoms with Gasteiger partial charge in [-0.25, -0.2) is 4.79 Å². The molecule has 0 aliphatic carbocycles. The van der Waals surface area contributed by atoms with Crippen LogP contribution in [0.5, 0.6) is 0 Å². The van der Waals surface area contributed by atoms with Gasteiger partial charge in [-0.3, -0.25) is 4.79 Å². The normalized spacial score (nSPS) is 21.2. The fourth-order valence-electron chi connectivity index (χ4n) is 2.07. The SMILES string of the molecule is COC(=O)C(C)(C)N1CC(CS(=O)(=O)F)CC1=O. The van der Waals surface area contributed by atoms with E-state index in [9.17, 15) is 21.9 Å². The zero-order valence-electron chi connectivity index (χ0n) is 10.5. The van der Waals surface area contributed by atoms with E-state index in [-0.39, 0.29) is 18.9 Å². The maximum Gasteiger partial charge on any atom is 0.331 e. The molecule has 1 amide bonds. The number of amides is 1. The number of likely N-dealkylation sites (tertiary alicyclic amines) is 1. The molecule has 1 fully saturated rings. The van der Waals surface area contributed by atoms with Crippen LogP contribution in [0.4, 0.5) is 3.89 Å². The monoisotopic (exact) mass is 281 g/mol. The molecule has 1 heterocycles. The van der Waals surface area contributed by atoms with Gasteiger partial charge in [0, 0.05) is 18.9 Å². The van der Waals surface area contributed by atoms with E-state index in [1.54, 1.807) is 0 Å².